The fraction of sp³-hybridized carbons (Fsp3) is 0.476. The zero-order valence-electron chi connectivity index (χ0n) is 15.6. The van der Waals surface area contributed by atoms with Crippen molar-refractivity contribution in [3.63, 3.8) is 0 Å². The first kappa shape index (κ1) is 16.1. The molecule has 1 aromatic rings. The molecule has 0 N–H and O–H groups in total. The molecule has 0 atom stereocenters. The molecule has 1 aliphatic carbocycles. The first-order chi connectivity index (χ1) is 12.2. The monoisotopic (exact) mass is 353 g/mol. The maximum Gasteiger partial charge on any atom is 0.235 e. The van der Waals surface area contributed by atoms with Gasteiger partial charge in [-0.1, -0.05) is 0 Å². The van der Waals surface area contributed by atoms with Crippen LogP contribution in [0.2, 0.25) is 0 Å². The Labute approximate surface area is 153 Å². The average molecular weight is 353 g/mol. The normalized spacial score (nSPS) is 26.2. The molecule has 0 unspecified atom stereocenters. The summed E-state index contributed by atoms with van der Waals surface area (Å²) < 4.78 is 19.0. The Morgan fingerprint density at radius 1 is 1.08 bits per heavy atom. The lowest BCUT2D eigenvalue weighted by atomic mass is 9.72. The third-order valence-electron chi connectivity index (χ3n) is 5.62. The predicted molar refractivity (Wildman–Crippen MR) is 99.5 cm³/mol. The average Bonchev–Trinajstić information content (AvgIpc) is 3.09. The highest BCUT2D eigenvalue weighted by Gasteiger charge is 2.54. The van der Waals surface area contributed by atoms with Crippen molar-refractivity contribution in [1.29, 1.82) is 0 Å². The molecule has 0 aromatic heterocycles. The summed E-state index contributed by atoms with van der Waals surface area (Å²) in [4.78, 5) is 0. The van der Waals surface area contributed by atoms with E-state index in [1.54, 1.807) is 0 Å². The molecule has 1 saturated heterocycles. The highest BCUT2D eigenvalue weighted by molar-refractivity contribution is 6.28. The molecule has 0 amide bonds. The van der Waals surface area contributed by atoms with Crippen LogP contribution in [-0.4, -0.2) is 35.1 Å². The lowest BCUT2D eigenvalue weighted by Gasteiger charge is -2.37. The maximum atomic E-state index is 13.4. The summed E-state index contributed by atoms with van der Waals surface area (Å²) in [5.41, 5.74) is 3.41. The van der Waals surface area contributed by atoms with Gasteiger partial charge in [0.25, 0.3) is 0 Å². The molecule has 3 aliphatic heterocycles. The summed E-state index contributed by atoms with van der Waals surface area (Å²) in [5.74, 6) is 0.0208. The standard InChI is InChI=1S/C21H23NO4/c1-19(2)12-21(24-9-10-25-21)11-15-13-5-6-16-14(7-8-20(3,4)26-16)17(13)22(23)18(15)19/h5-8,11H,9-10,12H2,1-4H3. The lowest BCUT2D eigenvalue weighted by Crippen LogP contribution is -2.43. The Balaban J connectivity index is 1.75. The van der Waals surface area contributed by atoms with E-state index < -0.39 is 5.79 Å². The molecule has 1 aromatic carbocycles. The van der Waals surface area contributed by atoms with Crippen LogP contribution < -0.4 is 4.74 Å². The minimum Gasteiger partial charge on any atom is -0.618 e. The lowest BCUT2D eigenvalue weighted by molar-refractivity contribution is -0.362. The number of nitrogens with zero attached hydrogens (tertiary/aromatic N) is 1. The van der Waals surface area contributed by atoms with E-state index in [1.165, 1.54) is 0 Å². The van der Waals surface area contributed by atoms with Gasteiger partial charge in [0.1, 0.15) is 11.4 Å². The Morgan fingerprint density at radius 3 is 2.54 bits per heavy atom. The van der Waals surface area contributed by atoms with Crippen LogP contribution in [0.1, 0.15) is 45.2 Å². The molecule has 0 saturated carbocycles. The van der Waals surface area contributed by atoms with Crippen LogP contribution in [0.25, 0.3) is 11.6 Å². The van der Waals surface area contributed by atoms with E-state index in [0.717, 1.165) is 32.9 Å². The second-order valence-electron chi connectivity index (χ2n) is 8.68. The van der Waals surface area contributed by atoms with Gasteiger partial charge in [0.05, 0.1) is 35.3 Å². The first-order valence-electron chi connectivity index (χ1n) is 9.13. The third kappa shape index (κ3) is 2.07. The van der Waals surface area contributed by atoms with Crippen molar-refractivity contribution in [2.75, 3.05) is 13.2 Å². The van der Waals surface area contributed by atoms with Crippen LogP contribution in [0, 0.1) is 10.6 Å². The van der Waals surface area contributed by atoms with Gasteiger partial charge in [0, 0.05) is 6.42 Å². The van der Waals surface area contributed by atoms with Crippen LogP contribution in [-0.2, 0) is 9.47 Å². The first-order valence-corrected chi connectivity index (χ1v) is 9.13. The number of benzene rings is 1. The van der Waals surface area contributed by atoms with E-state index >= 15 is 0 Å². The molecule has 4 aliphatic rings. The van der Waals surface area contributed by atoms with E-state index in [2.05, 4.69) is 13.8 Å². The second-order valence-corrected chi connectivity index (χ2v) is 8.68. The van der Waals surface area contributed by atoms with Gasteiger partial charge in [-0.2, -0.15) is 4.74 Å². The topological polar surface area (TPSA) is 53.8 Å². The van der Waals surface area contributed by atoms with Crippen molar-refractivity contribution in [3.8, 4) is 5.75 Å². The zero-order chi connectivity index (χ0) is 18.3. The highest BCUT2D eigenvalue weighted by Crippen LogP contribution is 2.52. The van der Waals surface area contributed by atoms with Crippen LogP contribution in [0.15, 0.2) is 24.3 Å². The molecule has 136 valence electrons. The minimum atomic E-state index is -0.727. The Morgan fingerprint density at radius 2 is 1.81 bits per heavy atom. The number of ether oxygens (including phenoxy) is 3. The number of hydrogen-bond acceptors (Lipinski definition) is 4. The van der Waals surface area contributed by atoms with Gasteiger partial charge in [-0.05, 0) is 58.1 Å². The summed E-state index contributed by atoms with van der Waals surface area (Å²) >= 11 is 0. The Kier molecular flexibility index (Phi) is 2.96. The second kappa shape index (κ2) is 4.78. The molecule has 1 fully saturated rings. The fourth-order valence-electron chi connectivity index (χ4n) is 4.64. The van der Waals surface area contributed by atoms with Crippen molar-refractivity contribution >= 4 is 23.0 Å². The predicted octanol–water partition coefficient (Wildman–Crippen LogP) is 4.02. The molecular weight excluding hydrogens is 330 g/mol. The smallest absolute Gasteiger partial charge is 0.235 e. The molecule has 0 radical (unpaired) electrons. The summed E-state index contributed by atoms with van der Waals surface area (Å²) in [5, 5.41) is 13.4. The van der Waals surface area contributed by atoms with E-state index in [-0.39, 0.29) is 11.0 Å². The molecule has 5 rings (SSSR count). The van der Waals surface area contributed by atoms with Gasteiger partial charge in [-0.3, -0.25) is 0 Å². The largest absolute Gasteiger partial charge is 0.618 e. The summed E-state index contributed by atoms with van der Waals surface area (Å²) in [6, 6.07) is 3.94. The van der Waals surface area contributed by atoms with E-state index in [0.29, 0.717) is 25.3 Å². The van der Waals surface area contributed by atoms with E-state index in [1.807, 2.05) is 44.2 Å². The van der Waals surface area contributed by atoms with E-state index in [9.17, 15) is 5.21 Å². The van der Waals surface area contributed by atoms with Crippen LogP contribution >= 0.6 is 0 Å². The van der Waals surface area contributed by atoms with Gasteiger partial charge in [-0.25, -0.2) is 0 Å². The molecule has 5 heteroatoms. The van der Waals surface area contributed by atoms with Crippen LogP contribution in [0.3, 0.4) is 0 Å². The van der Waals surface area contributed by atoms with Crippen molar-refractivity contribution in [3.05, 3.63) is 40.6 Å². The summed E-state index contributed by atoms with van der Waals surface area (Å²) in [6.07, 6.45) is 6.64. The van der Waals surface area contributed by atoms with Crippen LogP contribution in [0.5, 0.6) is 5.75 Å². The summed E-state index contributed by atoms with van der Waals surface area (Å²) in [7, 11) is 0. The maximum absolute atomic E-state index is 13.4. The highest BCUT2D eigenvalue weighted by atomic mass is 16.7. The molecule has 3 heterocycles. The number of allylic oxidation sites excluding steroid dienone is 1. The number of fused-ring (bicyclic) bond motifs is 5. The van der Waals surface area contributed by atoms with Gasteiger partial charge in [0.2, 0.25) is 11.4 Å². The van der Waals surface area contributed by atoms with Gasteiger partial charge in [-0.15, -0.1) is 0 Å². The Bertz CT molecular complexity index is 914. The van der Waals surface area contributed by atoms with Crippen molar-refractivity contribution in [1.82, 2.24) is 0 Å². The molecule has 26 heavy (non-hydrogen) atoms. The molecule has 5 nitrogen and oxygen atoms in total. The third-order valence-corrected chi connectivity index (χ3v) is 5.62. The summed E-state index contributed by atoms with van der Waals surface area (Å²) in [6.45, 7) is 9.35. The van der Waals surface area contributed by atoms with Gasteiger partial charge in [0.15, 0.2) is 5.79 Å². The quantitative estimate of drug-likeness (QED) is 0.522. The van der Waals surface area contributed by atoms with Crippen molar-refractivity contribution in [2.24, 2.45) is 5.41 Å². The zero-order valence-corrected chi connectivity index (χ0v) is 15.6. The van der Waals surface area contributed by atoms with Crippen molar-refractivity contribution in [2.45, 2.75) is 45.5 Å². The molecule has 0 bridgehead atoms. The SMILES string of the molecule is CC1(C)C=Cc2c(ccc3c2[N+]([O-])=C2C3=CC3(CC2(C)C)OCCO3)O1. The fourth-order valence-corrected chi connectivity index (χ4v) is 4.64. The van der Waals surface area contributed by atoms with E-state index in [4.69, 9.17) is 14.2 Å². The van der Waals surface area contributed by atoms with Gasteiger partial charge >= 0.3 is 0 Å². The van der Waals surface area contributed by atoms with Crippen LogP contribution in [0.4, 0.5) is 5.69 Å². The number of rotatable bonds is 0. The minimum absolute atomic E-state index is 0.361. The van der Waals surface area contributed by atoms with Gasteiger partial charge < -0.3 is 19.4 Å². The molecular formula is C21H23NO4. The van der Waals surface area contributed by atoms with Crippen molar-refractivity contribution < 1.29 is 18.9 Å². The molecule has 1 spiro atoms. The Hall–Kier alpha value is -2.11. The number of hydrogen-bond donors (Lipinski definition) is 0.